The number of aryl methyl sites for hydroxylation is 2. The number of hydrogen-bond donors (Lipinski definition) is 1. The number of nitrogens with one attached hydrogen (secondary N) is 1. The molecule has 1 saturated heterocycles. The molecule has 1 aliphatic rings. The first-order valence-electron chi connectivity index (χ1n) is 7.53. The Morgan fingerprint density at radius 1 is 1.04 bits per heavy atom. The number of nitrogens with zero attached hydrogens (tertiary/aromatic N) is 1. The van der Waals surface area contributed by atoms with E-state index in [2.05, 4.69) is 5.32 Å². The molecule has 0 aliphatic carbocycles. The lowest BCUT2D eigenvalue weighted by Crippen LogP contribution is -2.35. The Balaban J connectivity index is 1.88. The third kappa shape index (κ3) is 2.75. The lowest BCUT2D eigenvalue weighted by Gasteiger charge is -2.20. The fourth-order valence-electron chi connectivity index (χ4n) is 2.93. The highest BCUT2D eigenvalue weighted by molar-refractivity contribution is 6.23. The van der Waals surface area contributed by atoms with Gasteiger partial charge in [0.1, 0.15) is 6.04 Å². The minimum Gasteiger partial charge on any atom is -0.373 e. The predicted octanol–water partition coefficient (Wildman–Crippen LogP) is 3.33. The molecule has 6 heteroatoms. The van der Waals surface area contributed by atoms with Gasteiger partial charge < -0.3 is 5.32 Å². The summed E-state index contributed by atoms with van der Waals surface area (Å²) in [5.41, 5.74) is 2.49. The molecule has 1 aliphatic heterocycles. The van der Waals surface area contributed by atoms with Crippen LogP contribution in [0.2, 0.25) is 0 Å². The topological polar surface area (TPSA) is 49.4 Å². The van der Waals surface area contributed by atoms with Crippen molar-refractivity contribution in [2.24, 2.45) is 0 Å². The summed E-state index contributed by atoms with van der Waals surface area (Å²) >= 11 is 0. The highest BCUT2D eigenvalue weighted by atomic mass is 19.2. The second-order valence-electron chi connectivity index (χ2n) is 5.84. The summed E-state index contributed by atoms with van der Waals surface area (Å²) < 4.78 is 26.3. The second-order valence-corrected chi connectivity index (χ2v) is 5.84. The largest absolute Gasteiger partial charge is 0.373 e. The summed E-state index contributed by atoms with van der Waals surface area (Å²) in [6, 6.07) is 7.99. The van der Waals surface area contributed by atoms with Crippen LogP contribution in [0.5, 0.6) is 0 Å². The van der Waals surface area contributed by atoms with E-state index in [1.807, 2.05) is 32.0 Å². The molecule has 0 radical (unpaired) electrons. The SMILES string of the molecule is Cc1cccc(C)c1N1C(=O)C[C@H](Nc2ccc(F)c(F)c2)C1=O. The Labute approximate surface area is 138 Å². The lowest BCUT2D eigenvalue weighted by molar-refractivity contribution is -0.121. The molecule has 0 unspecified atom stereocenters. The molecule has 1 atom stereocenters. The summed E-state index contributed by atoms with van der Waals surface area (Å²) in [5, 5.41) is 2.81. The minimum absolute atomic E-state index is 0.0361. The van der Waals surface area contributed by atoms with Crippen LogP contribution in [0.25, 0.3) is 0 Å². The van der Waals surface area contributed by atoms with Crippen molar-refractivity contribution in [2.45, 2.75) is 26.3 Å². The Kier molecular flexibility index (Phi) is 4.05. The number of benzene rings is 2. The molecule has 3 rings (SSSR count). The van der Waals surface area contributed by atoms with E-state index in [4.69, 9.17) is 0 Å². The molecule has 4 nitrogen and oxygen atoms in total. The van der Waals surface area contributed by atoms with Crippen molar-refractivity contribution in [3.63, 3.8) is 0 Å². The summed E-state index contributed by atoms with van der Waals surface area (Å²) in [5.74, 6) is -2.70. The van der Waals surface area contributed by atoms with Gasteiger partial charge in [-0.25, -0.2) is 13.7 Å². The van der Waals surface area contributed by atoms with Gasteiger partial charge in [0.25, 0.3) is 5.91 Å². The van der Waals surface area contributed by atoms with Crippen molar-refractivity contribution in [3.8, 4) is 0 Å². The molecular weight excluding hydrogens is 314 g/mol. The van der Waals surface area contributed by atoms with E-state index in [0.29, 0.717) is 5.69 Å². The summed E-state index contributed by atoms with van der Waals surface area (Å²) in [7, 11) is 0. The highest BCUT2D eigenvalue weighted by Crippen LogP contribution is 2.30. The number of carbonyl (C=O) groups excluding carboxylic acids is 2. The van der Waals surface area contributed by atoms with Gasteiger partial charge in [-0.1, -0.05) is 18.2 Å². The first-order valence-corrected chi connectivity index (χ1v) is 7.53. The van der Waals surface area contributed by atoms with Gasteiger partial charge in [0, 0.05) is 11.8 Å². The van der Waals surface area contributed by atoms with Crippen LogP contribution in [0.1, 0.15) is 17.5 Å². The summed E-state index contributed by atoms with van der Waals surface area (Å²) in [6.45, 7) is 3.66. The maximum atomic E-state index is 13.3. The van der Waals surface area contributed by atoms with Crippen molar-refractivity contribution in [1.82, 2.24) is 0 Å². The van der Waals surface area contributed by atoms with Crippen LogP contribution < -0.4 is 10.2 Å². The van der Waals surface area contributed by atoms with E-state index in [0.717, 1.165) is 23.3 Å². The average Bonchev–Trinajstić information content (AvgIpc) is 2.78. The van der Waals surface area contributed by atoms with Crippen molar-refractivity contribution < 1.29 is 18.4 Å². The molecule has 2 aromatic rings. The molecule has 0 aromatic heterocycles. The van der Waals surface area contributed by atoms with Gasteiger partial charge in [0.05, 0.1) is 12.1 Å². The van der Waals surface area contributed by atoms with Crippen LogP contribution in [0, 0.1) is 25.5 Å². The smallest absolute Gasteiger partial charge is 0.256 e. The van der Waals surface area contributed by atoms with E-state index < -0.39 is 23.6 Å². The number of imide groups is 1. The van der Waals surface area contributed by atoms with E-state index in [-0.39, 0.29) is 18.0 Å². The zero-order chi connectivity index (χ0) is 17.4. The van der Waals surface area contributed by atoms with E-state index >= 15 is 0 Å². The van der Waals surface area contributed by atoms with E-state index in [1.165, 1.54) is 11.0 Å². The molecule has 2 aromatic carbocycles. The number of anilines is 2. The lowest BCUT2D eigenvalue weighted by atomic mass is 10.1. The summed E-state index contributed by atoms with van der Waals surface area (Å²) in [4.78, 5) is 26.2. The molecule has 1 fully saturated rings. The monoisotopic (exact) mass is 330 g/mol. The summed E-state index contributed by atoms with van der Waals surface area (Å²) in [6.07, 6.45) is -0.0361. The number of rotatable bonds is 3. The maximum Gasteiger partial charge on any atom is 0.256 e. The number of halogens is 2. The molecule has 24 heavy (non-hydrogen) atoms. The number of para-hydroxylation sites is 1. The number of amides is 2. The van der Waals surface area contributed by atoms with Gasteiger partial charge in [-0.15, -0.1) is 0 Å². The van der Waals surface area contributed by atoms with Crippen LogP contribution in [-0.2, 0) is 9.59 Å². The first-order chi connectivity index (χ1) is 11.4. The fraction of sp³-hybridized carbons (Fsp3) is 0.222. The Morgan fingerprint density at radius 2 is 1.71 bits per heavy atom. The third-order valence-corrected chi connectivity index (χ3v) is 4.07. The number of carbonyl (C=O) groups is 2. The zero-order valence-electron chi connectivity index (χ0n) is 13.3. The second kappa shape index (κ2) is 6.03. The van der Waals surface area contributed by atoms with Gasteiger partial charge in [-0.3, -0.25) is 9.59 Å². The van der Waals surface area contributed by atoms with Crippen molar-refractivity contribution >= 4 is 23.2 Å². The zero-order valence-corrected chi connectivity index (χ0v) is 13.3. The van der Waals surface area contributed by atoms with E-state index in [1.54, 1.807) is 0 Å². The Morgan fingerprint density at radius 3 is 2.33 bits per heavy atom. The van der Waals surface area contributed by atoms with Crippen LogP contribution >= 0.6 is 0 Å². The van der Waals surface area contributed by atoms with Crippen molar-refractivity contribution in [3.05, 3.63) is 59.2 Å². The van der Waals surface area contributed by atoms with Crippen molar-refractivity contribution in [2.75, 3.05) is 10.2 Å². The third-order valence-electron chi connectivity index (χ3n) is 4.07. The fourth-order valence-corrected chi connectivity index (χ4v) is 2.93. The molecule has 0 bridgehead atoms. The van der Waals surface area contributed by atoms with Crippen LogP contribution in [0.15, 0.2) is 36.4 Å². The van der Waals surface area contributed by atoms with Gasteiger partial charge in [0.15, 0.2) is 11.6 Å². The molecule has 0 saturated carbocycles. The van der Waals surface area contributed by atoms with Crippen LogP contribution in [0.3, 0.4) is 0 Å². The normalized spacial score (nSPS) is 17.5. The van der Waals surface area contributed by atoms with E-state index in [9.17, 15) is 18.4 Å². The number of hydrogen-bond acceptors (Lipinski definition) is 3. The van der Waals surface area contributed by atoms with Gasteiger partial charge in [-0.05, 0) is 37.1 Å². The molecule has 0 spiro atoms. The average molecular weight is 330 g/mol. The predicted molar refractivity (Wildman–Crippen MR) is 86.8 cm³/mol. The molecule has 1 N–H and O–H groups in total. The highest BCUT2D eigenvalue weighted by Gasteiger charge is 2.40. The van der Waals surface area contributed by atoms with Crippen molar-refractivity contribution in [1.29, 1.82) is 0 Å². The molecule has 2 amide bonds. The molecule has 124 valence electrons. The molecule has 1 heterocycles. The standard InChI is InChI=1S/C18H16F2N2O2/c1-10-4-3-5-11(2)17(10)22-16(23)9-15(18(22)24)21-12-6-7-13(19)14(20)8-12/h3-8,15,21H,9H2,1-2H3/t15-/m0/s1. The Bertz CT molecular complexity index is 816. The minimum atomic E-state index is -1.01. The maximum absolute atomic E-state index is 13.3. The van der Waals surface area contributed by atoms with Crippen LogP contribution in [-0.4, -0.2) is 17.9 Å². The quantitative estimate of drug-likeness (QED) is 0.878. The van der Waals surface area contributed by atoms with Gasteiger partial charge >= 0.3 is 0 Å². The van der Waals surface area contributed by atoms with Gasteiger partial charge in [-0.2, -0.15) is 0 Å². The first kappa shape index (κ1) is 16.1. The van der Waals surface area contributed by atoms with Gasteiger partial charge in [0.2, 0.25) is 5.91 Å². The Hall–Kier alpha value is -2.76. The molecular formula is C18H16F2N2O2. The van der Waals surface area contributed by atoms with Crippen LogP contribution in [0.4, 0.5) is 20.2 Å².